The SMILES string of the molecule is COc1ccc(OC)c(/C=C/C(=O)OCC(=O)N[C@H]2CCS(=O)(=O)C2)c1. The smallest absolute Gasteiger partial charge is 0.331 e. The Morgan fingerprint density at radius 3 is 2.65 bits per heavy atom. The van der Waals surface area contributed by atoms with E-state index in [0.29, 0.717) is 23.5 Å². The molecular formula is C17H21NO7S. The summed E-state index contributed by atoms with van der Waals surface area (Å²) in [6.45, 7) is -0.477. The van der Waals surface area contributed by atoms with Gasteiger partial charge in [0.05, 0.1) is 25.7 Å². The van der Waals surface area contributed by atoms with E-state index in [4.69, 9.17) is 14.2 Å². The molecule has 1 fully saturated rings. The van der Waals surface area contributed by atoms with Crippen LogP contribution in [0.4, 0.5) is 0 Å². The largest absolute Gasteiger partial charge is 0.497 e. The molecule has 1 aliphatic rings. The molecule has 1 aliphatic heterocycles. The van der Waals surface area contributed by atoms with E-state index in [9.17, 15) is 18.0 Å². The van der Waals surface area contributed by atoms with E-state index in [2.05, 4.69) is 5.32 Å². The van der Waals surface area contributed by atoms with E-state index in [-0.39, 0.29) is 11.5 Å². The Hall–Kier alpha value is -2.55. The minimum Gasteiger partial charge on any atom is -0.497 e. The van der Waals surface area contributed by atoms with Crippen LogP contribution in [0.25, 0.3) is 6.08 Å². The van der Waals surface area contributed by atoms with Crippen molar-refractivity contribution in [2.75, 3.05) is 32.3 Å². The Morgan fingerprint density at radius 1 is 1.27 bits per heavy atom. The van der Waals surface area contributed by atoms with E-state index < -0.39 is 34.4 Å². The summed E-state index contributed by atoms with van der Waals surface area (Å²) in [6, 6.07) is 4.69. The van der Waals surface area contributed by atoms with Crippen molar-refractivity contribution < 1.29 is 32.2 Å². The Morgan fingerprint density at radius 2 is 2.04 bits per heavy atom. The molecule has 1 amide bonds. The number of ether oxygens (including phenoxy) is 3. The second-order valence-corrected chi connectivity index (χ2v) is 7.95. The predicted molar refractivity (Wildman–Crippen MR) is 94.7 cm³/mol. The lowest BCUT2D eigenvalue weighted by Crippen LogP contribution is -2.38. The lowest BCUT2D eigenvalue weighted by Gasteiger charge is -2.10. The van der Waals surface area contributed by atoms with E-state index in [1.807, 2.05) is 0 Å². The van der Waals surface area contributed by atoms with Crippen molar-refractivity contribution in [1.29, 1.82) is 0 Å². The van der Waals surface area contributed by atoms with Crippen molar-refractivity contribution in [3.8, 4) is 11.5 Å². The van der Waals surface area contributed by atoms with Crippen molar-refractivity contribution in [1.82, 2.24) is 5.32 Å². The van der Waals surface area contributed by atoms with Gasteiger partial charge in [-0.3, -0.25) is 4.79 Å². The summed E-state index contributed by atoms with van der Waals surface area (Å²) < 4.78 is 37.9. The molecule has 2 rings (SSSR count). The van der Waals surface area contributed by atoms with E-state index in [0.717, 1.165) is 0 Å². The molecule has 142 valence electrons. The molecule has 26 heavy (non-hydrogen) atoms. The molecule has 1 aromatic rings. The summed E-state index contributed by atoms with van der Waals surface area (Å²) in [5.41, 5.74) is 0.615. The van der Waals surface area contributed by atoms with Crippen LogP contribution in [-0.4, -0.2) is 58.7 Å². The molecule has 0 bridgehead atoms. The van der Waals surface area contributed by atoms with Crippen LogP contribution in [0, 0.1) is 0 Å². The molecule has 1 heterocycles. The number of hydrogen-bond donors (Lipinski definition) is 1. The van der Waals surface area contributed by atoms with Crippen LogP contribution in [0.5, 0.6) is 11.5 Å². The molecular weight excluding hydrogens is 362 g/mol. The van der Waals surface area contributed by atoms with Crippen LogP contribution >= 0.6 is 0 Å². The normalized spacial score (nSPS) is 18.5. The van der Waals surface area contributed by atoms with Gasteiger partial charge in [0, 0.05) is 17.7 Å². The number of carbonyl (C=O) groups is 2. The number of sulfone groups is 1. The summed E-state index contributed by atoms with van der Waals surface area (Å²) in [4.78, 5) is 23.5. The van der Waals surface area contributed by atoms with Gasteiger partial charge in [0.25, 0.3) is 5.91 Å². The highest BCUT2D eigenvalue weighted by molar-refractivity contribution is 7.91. The topological polar surface area (TPSA) is 108 Å². The highest BCUT2D eigenvalue weighted by Crippen LogP contribution is 2.25. The molecule has 0 unspecified atom stereocenters. The minimum atomic E-state index is -3.08. The first-order valence-corrected chi connectivity index (χ1v) is 9.72. The van der Waals surface area contributed by atoms with Crippen LogP contribution in [0.15, 0.2) is 24.3 Å². The van der Waals surface area contributed by atoms with E-state index in [1.54, 1.807) is 18.2 Å². The van der Waals surface area contributed by atoms with Gasteiger partial charge in [-0.25, -0.2) is 13.2 Å². The maximum absolute atomic E-state index is 11.8. The fourth-order valence-electron chi connectivity index (χ4n) is 2.49. The Kier molecular flexibility index (Phi) is 6.62. The standard InChI is InChI=1S/C17H21NO7S/c1-23-14-4-5-15(24-2)12(9-14)3-6-17(20)25-10-16(19)18-13-7-8-26(21,22)11-13/h3-6,9,13H,7-8,10-11H2,1-2H3,(H,18,19)/b6-3+/t13-/m0/s1. The van der Waals surface area contributed by atoms with Crippen molar-refractivity contribution >= 4 is 27.8 Å². The van der Waals surface area contributed by atoms with Gasteiger partial charge in [-0.15, -0.1) is 0 Å². The molecule has 1 N–H and O–H groups in total. The average Bonchev–Trinajstić information content (AvgIpc) is 2.96. The van der Waals surface area contributed by atoms with Gasteiger partial charge in [-0.2, -0.15) is 0 Å². The number of amides is 1. The summed E-state index contributed by atoms with van der Waals surface area (Å²) >= 11 is 0. The quantitative estimate of drug-likeness (QED) is 0.541. The average molecular weight is 383 g/mol. The number of esters is 1. The molecule has 0 aliphatic carbocycles. The Bertz CT molecular complexity index is 801. The van der Waals surface area contributed by atoms with Crippen LogP contribution in [0.1, 0.15) is 12.0 Å². The maximum atomic E-state index is 11.8. The van der Waals surface area contributed by atoms with Crippen LogP contribution in [-0.2, 0) is 24.2 Å². The van der Waals surface area contributed by atoms with Gasteiger partial charge in [0.1, 0.15) is 11.5 Å². The van der Waals surface area contributed by atoms with Crippen LogP contribution < -0.4 is 14.8 Å². The number of rotatable bonds is 7. The third-order valence-corrected chi connectivity index (χ3v) is 5.55. The summed E-state index contributed by atoms with van der Waals surface area (Å²) in [5, 5.41) is 2.54. The van der Waals surface area contributed by atoms with E-state index in [1.165, 1.54) is 26.4 Å². The second kappa shape index (κ2) is 8.70. The number of carbonyl (C=O) groups excluding carboxylic acids is 2. The molecule has 0 aromatic heterocycles. The summed E-state index contributed by atoms with van der Waals surface area (Å²) in [5.74, 6) is -0.109. The zero-order chi connectivity index (χ0) is 19.2. The summed E-state index contributed by atoms with van der Waals surface area (Å²) in [6.07, 6.45) is 3.04. The third kappa shape index (κ3) is 5.76. The molecule has 9 heteroatoms. The Labute approximate surface area is 152 Å². The first-order chi connectivity index (χ1) is 12.3. The van der Waals surface area contributed by atoms with Gasteiger partial charge >= 0.3 is 5.97 Å². The molecule has 1 saturated heterocycles. The molecule has 0 radical (unpaired) electrons. The molecule has 1 aromatic carbocycles. The fraction of sp³-hybridized carbons (Fsp3) is 0.412. The number of hydrogen-bond acceptors (Lipinski definition) is 7. The van der Waals surface area contributed by atoms with Gasteiger partial charge in [-0.05, 0) is 30.7 Å². The molecule has 1 atom stereocenters. The fourth-order valence-corrected chi connectivity index (χ4v) is 4.16. The highest BCUT2D eigenvalue weighted by atomic mass is 32.2. The van der Waals surface area contributed by atoms with Crippen LogP contribution in [0.2, 0.25) is 0 Å². The van der Waals surface area contributed by atoms with Crippen LogP contribution in [0.3, 0.4) is 0 Å². The zero-order valence-electron chi connectivity index (χ0n) is 14.6. The first kappa shape index (κ1) is 19.8. The third-order valence-electron chi connectivity index (χ3n) is 3.78. The van der Waals surface area contributed by atoms with Crippen molar-refractivity contribution in [3.63, 3.8) is 0 Å². The molecule has 0 spiro atoms. The van der Waals surface area contributed by atoms with E-state index >= 15 is 0 Å². The Balaban J connectivity index is 1.85. The zero-order valence-corrected chi connectivity index (χ0v) is 15.4. The number of methoxy groups -OCH3 is 2. The van der Waals surface area contributed by atoms with Gasteiger partial charge < -0.3 is 19.5 Å². The van der Waals surface area contributed by atoms with Crippen molar-refractivity contribution in [2.45, 2.75) is 12.5 Å². The van der Waals surface area contributed by atoms with Gasteiger partial charge in [0.15, 0.2) is 16.4 Å². The van der Waals surface area contributed by atoms with Gasteiger partial charge in [-0.1, -0.05) is 0 Å². The predicted octanol–water partition coefficient (Wildman–Crippen LogP) is 0.563. The van der Waals surface area contributed by atoms with Crippen molar-refractivity contribution in [3.05, 3.63) is 29.8 Å². The first-order valence-electron chi connectivity index (χ1n) is 7.89. The number of nitrogens with one attached hydrogen (secondary N) is 1. The highest BCUT2D eigenvalue weighted by Gasteiger charge is 2.28. The minimum absolute atomic E-state index is 0.0584. The summed E-state index contributed by atoms with van der Waals surface area (Å²) in [7, 11) is -0.0492. The monoisotopic (exact) mass is 383 g/mol. The lowest BCUT2D eigenvalue weighted by molar-refractivity contribution is -0.143. The lowest BCUT2D eigenvalue weighted by atomic mass is 10.1. The molecule has 8 nitrogen and oxygen atoms in total. The second-order valence-electron chi connectivity index (χ2n) is 5.72. The molecule has 0 saturated carbocycles. The number of benzene rings is 1. The van der Waals surface area contributed by atoms with Gasteiger partial charge in [0.2, 0.25) is 0 Å². The maximum Gasteiger partial charge on any atom is 0.331 e. The van der Waals surface area contributed by atoms with Crippen molar-refractivity contribution in [2.24, 2.45) is 0 Å².